The number of piperidine rings is 1. The Balaban J connectivity index is 2.54. The van der Waals surface area contributed by atoms with Gasteiger partial charge in [-0.25, -0.2) is 0 Å². The van der Waals surface area contributed by atoms with Crippen LogP contribution in [0.15, 0.2) is 0 Å². The van der Waals surface area contributed by atoms with Gasteiger partial charge in [-0.2, -0.15) is 0 Å². The van der Waals surface area contributed by atoms with Crippen molar-refractivity contribution in [2.75, 3.05) is 13.1 Å². The minimum atomic E-state index is -1.69. The quantitative estimate of drug-likeness (QED) is 0.500. The number of carboxylic acid groups (broad SMARTS) is 2. The smallest absolute Gasteiger partial charge is 0.229 e. The van der Waals surface area contributed by atoms with E-state index in [1.807, 2.05) is 0 Å². The molecular formula is C10H14N2O6-2. The van der Waals surface area contributed by atoms with Crippen molar-refractivity contribution in [1.82, 2.24) is 5.32 Å². The lowest BCUT2D eigenvalue weighted by Crippen LogP contribution is -2.91. The zero-order chi connectivity index (χ0) is 13.7. The van der Waals surface area contributed by atoms with Gasteiger partial charge in [0, 0.05) is 12.4 Å². The van der Waals surface area contributed by atoms with E-state index in [0.29, 0.717) is 13.1 Å². The third kappa shape index (κ3) is 4.30. The van der Waals surface area contributed by atoms with Crippen LogP contribution in [0.2, 0.25) is 0 Å². The van der Waals surface area contributed by atoms with Crippen molar-refractivity contribution in [3.05, 3.63) is 0 Å². The third-order valence-electron chi connectivity index (χ3n) is 2.77. The van der Waals surface area contributed by atoms with Gasteiger partial charge in [0.05, 0.1) is 31.0 Å². The summed E-state index contributed by atoms with van der Waals surface area (Å²) in [6, 6.07) is -1.63. The summed E-state index contributed by atoms with van der Waals surface area (Å²) in [6.07, 6.45) is -1.62. The molecule has 8 nitrogen and oxygen atoms in total. The molecule has 1 amide bonds. The van der Waals surface area contributed by atoms with E-state index in [1.165, 1.54) is 0 Å². The van der Waals surface area contributed by atoms with E-state index in [2.05, 4.69) is 5.32 Å². The number of hydrogen-bond acceptors (Lipinski definition) is 6. The van der Waals surface area contributed by atoms with Crippen LogP contribution in [0.1, 0.15) is 12.8 Å². The number of carbonyl (C=O) groups excluding carboxylic acids is 3. The lowest BCUT2D eigenvalue weighted by molar-refractivity contribution is -0.696. The number of nitrogens with two attached hydrogens (primary N) is 1. The summed E-state index contributed by atoms with van der Waals surface area (Å²) in [5.41, 5.74) is 0. The van der Waals surface area contributed by atoms with Crippen LogP contribution in [0.5, 0.6) is 0 Å². The molecule has 1 saturated heterocycles. The number of aliphatic carboxylic acids is 2. The second kappa shape index (κ2) is 6.31. The summed E-state index contributed by atoms with van der Waals surface area (Å²) >= 11 is 0. The SMILES string of the molecule is O=C([O-])C[C@@H](NC(=O)C1C[NH2+]CC([O-])C1)C(=O)[O-]. The van der Waals surface area contributed by atoms with Crippen LogP contribution >= 0.6 is 0 Å². The largest absolute Gasteiger partial charge is 0.848 e. The number of hydrogen-bond donors (Lipinski definition) is 2. The Bertz CT molecular complexity index is 345. The van der Waals surface area contributed by atoms with E-state index >= 15 is 0 Å². The van der Waals surface area contributed by atoms with Gasteiger partial charge < -0.3 is 35.5 Å². The minimum Gasteiger partial charge on any atom is -0.848 e. The topological polar surface area (TPSA) is 149 Å². The first-order valence-corrected chi connectivity index (χ1v) is 5.58. The fourth-order valence-corrected chi connectivity index (χ4v) is 1.86. The van der Waals surface area contributed by atoms with Crippen molar-refractivity contribution < 1.29 is 35.0 Å². The summed E-state index contributed by atoms with van der Waals surface area (Å²) in [7, 11) is 0. The minimum absolute atomic E-state index is 0.118. The second-order valence-corrected chi connectivity index (χ2v) is 4.27. The number of nitrogens with one attached hydrogen (secondary N) is 1. The molecule has 0 radical (unpaired) electrons. The van der Waals surface area contributed by atoms with E-state index in [1.54, 1.807) is 5.32 Å². The van der Waals surface area contributed by atoms with Crippen LogP contribution in [0.25, 0.3) is 0 Å². The molecule has 0 bridgehead atoms. The monoisotopic (exact) mass is 258 g/mol. The maximum atomic E-state index is 11.7. The van der Waals surface area contributed by atoms with Gasteiger partial charge >= 0.3 is 0 Å². The van der Waals surface area contributed by atoms with Gasteiger partial charge in [-0.05, 0) is 6.42 Å². The molecule has 102 valence electrons. The lowest BCUT2D eigenvalue weighted by atomic mass is 9.96. The van der Waals surface area contributed by atoms with Crippen LogP contribution < -0.4 is 26.0 Å². The van der Waals surface area contributed by atoms with E-state index in [9.17, 15) is 29.7 Å². The standard InChI is InChI=1S/C10H15N2O6/c13-6-1-5(3-11-4-6)9(16)12-7(10(17)18)2-8(14)15/h5-7,11H,1-4H2,(H,12,16)(H,14,15)(H,17,18)/q-1/p-1/t5?,6?,7-/m1/s1. The Morgan fingerprint density at radius 1 is 1.28 bits per heavy atom. The van der Waals surface area contributed by atoms with Gasteiger partial charge in [0.15, 0.2) is 0 Å². The second-order valence-electron chi connectivity index (χ2n) is 4.27. The third-order valence-corrected chi connectivity index (χ3v) is 2.77. The molecule has 3 atom stereocenters. The normalized spacial score (nSPS) is 25.2. The van der Waals surface area contributed by atoms with Gasteiger partial charge in [-0.3, -0.25) is 4.79 Å². The summed E-state index contributed by atoms with van der Waals surface area (Å²) in [4.78, 5) is 32.6. The first-order chi connectivity index (χ1) is 8.40. The fraction of sp³-hybridized carbons (Fsp3) is 0.700. The molecular weight excluding hydrogens is 244 g/mol. The molecule has 1 aliphatic rings. The predicted molar refractivity (Wildman–Crippen MR) is 50.1 cm³/mol. The lowest BCUT2D eigenvalue weighted by Gasteiger charge is -2.31. The van der Waals surface area contributed by atoms with Crippen molar-refractivity contribution in [2.45, 2.75) is 25.0 Å². The number of quaternary nitrogens is 1. The first-order valence-electron chi connectivity index (χ1n) is 5.58. The molecule has 1 aliphatic heterocycles. The average Bonchev–Trinajstić information content (AvgIpc) is 2.27. The molecule has 18 heavy (non-hydrogen) atoms. The Morgan fingerprint density at radius 3 is 2.44 bits per heavy atom. The molecule has 0 spiro atoms. The zero-order valence-corrected chi connectivity index (χ0v) is 9.59. The number of carbonyl (C=O) groups is 3. The van der Waals surface area contributed by atoms with Crippen LogP contribution in [0.3, 0.4) is 0 Å². The van der Waals surface area contributed by atoms with Crippen molar-refractivity contribution in [3.63, 3.8) is 0 Å². The van der Waals surface area contributed by atoms with Crippen molar-refractivity contribution >= 4 is 17.8 Å². The molecule has 0 saturated carbocycles. The van der Waals surface area contributed by atoms with E-state index in [-0.39, 0.29) is 6.42 Å². The molecule has 0 aromatic carbocycles. The fourth-order valence-electron chi connectivity index (χ4n) is 1.86. The Labute approximate surface area is 103 Å². The molecule has 3 N–H and O–H groups in total. The zero-order valence-electron chi connectivity index (χ0n) is 9.59. The number of carboxylic acids is 2. The summed E-state index contributed by atoms with van der Waals surface area (Å²) in [5, 5.41) is 35.9. The highest BCUT2D eigenvalue weighted by Crippen LogP contribution is 2.06. The molecule has 8 heteroatoms. The molecule has 1 heterocycles. The number of amides is 1. The Morgan fingerprint density at radius 2 is 1.94 bits per heavy atom. The maximum absolute atomic E-state index is 11.7. The molecule has 1 fully saturated rings. The van der Waals surface area contributed by atoms with Gasteiger partial charge in [0.1, 0.15) is 0 Å². The van der Waals surface area contributed by atoms with Gasteiger partial charge in [0.25, 0.3) is 0 Å². The molecule has 1 rings (SSSR count). The summed E-state index contributed by atoms with van der Waals surface area (Å²) in [5.74, 6) is -4.53. The average molecular weight is 258 g/mol. The van der Waals surface area contributed by atoms with Crippen molar-refractivity contribution in [3.8, 4) is 0 Å². The van der Waals surface area contributed by atoms with Crippen LogP contribution in [0, 0.1) is 5.92 Å². The van der Waals surface area contributed by atoms with Crippen LogP contribution in [-0.2, 0) is 14.4 Å². The van der Waals surface area contributed by atoms with E-state index in [0.717, 1.165) is 0 Å². The van der Waals surface area contributed by atoms with Gasteiger partial charge in [-0.15, -0.1) is 0 Å². The highest BCUT2D eigenvalue weighted by atomic mass is 16.4. The number of rotatable bonds is 5. The summed E-state index contributed by atoms with van der Waals surface area (Å²) in [6.45, 7) is 0.766. The van der Waals surface area contributed by atoms with Crippen molar-refractivity contribution in [1.29, 1.82) is 0 Å². The van der Waals surface area contributed by atoms with E-state index < -0.39 is 42.3 Å². The highest BCUT2D eigenvalue weighted by Gasteiger charge is 2.27. The Kier molecular flexibility index (Phi) is 5.05. The Hall–Kier alpha value is -1.67. The van der Waals surface area contributed by atoms with Gasteiger partial charge in [-0.1, -0.05) is 6.10 Å². The molecule has 2 unspecified atom stereocenters. The summed E-state index contributed by atoms with van der Waals surface area (Å²) < 4.78 is 0. The maximum Gasteiger partial charge on any atom is 0.229 e. The highest BCUT2D eigenvalue weighted by molar-refractivity contribution is 5.86. The van der Waals surface area contributed by atoms with E-state index in [4.69, 9.17) is 0 Å². The van der Waals surface area contributed by atoms with Gasteiger partial charge in [0.2, 0.25) is 5.91 Å². The molecule has 0 aromatic rings. The molecule has 0 aliphatic carbocycles. The van der Waals surface area contributed by atoms with Crippen LogP contribution in [0.4, 0.5) is 0 Å². The first kappa shape index (κ1) is 14.4. The van der Waals surface area contributed by atoms with Crippen LogP contribution in [-0.4, -0.2) is 43.1 Å². The van der Waals surface area contributed by atoms with Crippen molar-refractivity contribution in [2.24, 2.45) is 5.92 Å². The predicted octanol–water partition coefficient (Wildman–Crippen LogP) is -6.33. The molecule has 0 aromatic heterocycles.